The molecular weight excluding hydrogens is 268 g/mol. The first-order chi connectivity index (χ1) is 8.96. The van der Waals surface area contributed by atoms with Crippen molar-refractivity contribution in [1.82, 2.24) is 9.44 Å². The minimum Gasteiger partial charge on any atom is -0.481 e. The zero-order valence-electron chi connectivity index (χ0n) is 11.0. The molecule has 2 rings (SSSR count). The number of carboxylic acid groups (broad SMARTS) is 1. The molecule has 0 spiro atoms. The number of carbonyl (C=O) groups is 1. The van der Waals surface area contributed by atoms with Gasteiger partial charge < -0.3 is 5.11 Å². The van der Waals surface area contributed by atoms with Crippen molar-refractivity contribution >= 4 is 16.2 Å². The quantitative estimate of drug-likeness (QED) is 0.704. The van der Waals surface area contributed by atoms with Gasteiger partial charge in [0.2, 0.25) is 0 Å². The van der Waals surface area contributed by atoms with Gasteiger partial charge in [-0.05, 0) is 38.5 Å². The SMILES string of the molecule is O=C(O)C1CCC(NS(=O)(=O)NC2CCCC2)CC1. The zero-order valence-corrected chi connectivity index (χ0v) is 11.8. The second-order valence-corrected chi connectivity index (χ2v) is 7.09. The van der Waals surface area contributed by atoms with Gasteiger partial charge in [0, 0.05) is 12.1 Å². The molecule has 110 valence electrons. The summed E-state index contributed by atoms with van der Waals surface area (Å²) in [5, 5.41) is 8.90. The molecule has 2 saturated carbocycles. The first kappa shape index (κ1) is 14.7. The van der Waals surface area contributed by atoms with Crippen LogP contribution in [-0.2, 0) is 15.0 Å². The van der Waals surface area contributed by atoms with E-state index in [4.69, 9.17) is 5.11 Å². The zero-order chi connectivity index (χ0) is 13.9. The van der Waals surface area contributed by atoms with Gasteiger partial charge in [0.25, 0.3) is 10.2 Å². The highest BCUT2D eigenvalue weighted by Crippen LogP contribution is 2.25. The average molecular weight is 290 g/mol. The molecular formula is C12H22N2O4S. The molecule has 2 aliphatic rings. The van der Waals surface area contributed by atoms with Crippen LogP contribution in [0.4, 0.5) is 0 Å². The van der Waals surface area contributed by atoms with Crippen molar-refractivity contribution < 1.29 is 18.3 Å². The summed E-state index contributed by atoms with van der Waals surface area (Å²) in [6.45, 7) is 0. The lowest BCUT2D eigenvalue weighted by Gasteiger charge is -2.27. The van der Waals surface area contributed by atoms with E-state index in [1.54, 1.807) is 0 Å². The Hall–Kier alpha value is -0.660. The molecule has 2 aliphatic carbocycles. The highest BCUT2D eigenvalue weighted by atomic mass is 32.2. The summed E-state index contributed by atoms with van der Waals surface area (Å²) in [4.78, 5) is 10.8. The van der Waals surface area contributed by atoms with E-state index >= 15 is 0 Å². The van der Waals surface area contributed by atoms with Crippen LogP contribution in [0.25, 0.3) is 0 Å². The van der Waals surface area contributed by atoms with Crippen molar-refractivity contribution in [3.63, 3.8) is 0 Å². The van der Waals surface area contributed by atoms with Gasteiger partial charge >= 0.3 is 5.97 Å². The van der Waals surface area contributed by atoms with Crippen LogP contribution >= 0.6 is 0 Å². The predicted molar refractivity (Wildman–Crippen MR) is 70.8 cm³/mol. The largest absolute Gasteiger partial charge is 0.481 e. The maximum absolute atomic E-state index is 11.9. The lowest BCUT2D eigenvalue weighted by atomic mass is 9.87. The highest BCUT2D eigenvalue weighted by Gasteiger charge is 2.29. The van der Waals surface area contributed by atoms with E-state index in [1.165, 1.54) is 0 Å². The smallest absolute Gasteiger partial charge is 0.306 e. The lowest BCUT2D eigenvalue weighted by Crippen LogP contribution is -2.47. The van der Waals surface area contributed by atoms with Gasteiger partial charge in [0.15, 0.2) is 0 Å². The standard InChI is InChI=1S/C12H22N2O4S/c15-12(16)9-5-7-11(8-6-9)14-19(17,18)13-10-3-1-2-4-10/h9-11,13-14H,1-8H2,(H,15,16). The van der Waals surface area contributed by atoms with E-state index in [0.29, 0.717) is 25.7 Å². The third-order valence-corrected chi connectivity index (χ3v) is 5.36. The van der Waals surface area contributed by atoms with E-state index in [2.05, 4.69) is 9.44 Å². The molecule has 6 nitrogen and oxygen atoms in total. The van der Waals surface area contributed by atoms with Gasteiger partial charge in [-0.2, -0.15) is 17.9 Å². The van der Waals surface area contributed by atoms with Crippen LogP contribution in [0.1, 0.15) is 51.4 Å². The summed E-state index contributed by atoms with van der Waals surface area (Å²) < 4.78 is 29.2. The molecule has 0 heterocycles. The van der Waals surface area contributed by atoms with Crippen LogP contribution < -0.4 is 9.44 Å². The second-order valence-electron chi connectivity index (χ2n) is 5.61. The summed E-state index contributed by atoms with van der Waals surface area (Å²) in [5.74, 6) is -1.09. The Morgan fingerprint density at radius 2 is 1.37 bits per heavy atom. The summed E-state index contributed by atoms with van der Waals surface area (Å²) in [6.07, 6.45) is 6.27. The number of nitrogens with one attached hydrogen (secondary N) is 2. The number of aliphatic carboxylic acids is 1. The first-order valence-electron chi connectivity index (χ1n) is 6.98. The summed E-state index contributed by atoms with van der Waals surface area (Å²) in [5.41, 5.74) is 0. The van der Waals surface area contributed by atoms with E-state index in [-0.39, 0.29) is 18.0 Å². The van der Waals surface area contributed by atoms with Crippen LogP contribution in [-0.4, -0.2) is 31.6 Å². The van der Waals surface area contributed by atoms with Crippen molar-refractivity contribution in [2.75, 3.05) is 0 Å². The van der Waals surface area contributed by atoms with Gasteiger partial charge in [-0.3, -0.25) is 4.79 Å². The Balaban J connectivity index is 1.79. The number of carboxylic acids is 1. The molecule has 3 N–H and O–H groups in total. The van der Waals surface area contributed by atoms with Crippen molar-refractivity contribution in [3.8, 4) is 0 Å². The fourth-order valence-corrected chi connectivity index (χ4v) is 4.39. The van der Waals surface area contributed by atoms with Crippen LogP contribution in [0.15, 0.2) is 0 Å². The number of rotatable bonds is 5. The normalized spacial score (nSPS) is 29.5. The maximum Gasteiger partial charge on any atom is 0.306 e. The van der Waals surface area contributed by atoms with Crippen molar-refractivity contribution in [1.29, 1.82) is 0 Å². The van der Waals surface area contributed by atoms with Gasteiger partial charge in [0.05, 0.1) is 5.92 Å². The van der Waals surface area contributed by atoms with Crippen molar-refractivity contribution in [3.05, 3.63) is 0 Å². The monoisotopic (exact) mass is 290 g/mol. The lowest BCUT2D eigenvalue weighted by molar-refractivity contribution is -0.142. The Kier molecular flexibility index (Phi) is 4.81. The molecule has 0 bridgehead atoms. The Morgan fingerprint density at radius 1 is 0.895 bits per heavy atom. The molecule has 0 atom stereocenters. The molecule has 2 fully saturated rings. The van der Waals surface area contributed by atoms with E-state index in [9.17, 15) is 13.2 Å². The van der Waals surface area contributed by atoms with Crippen molar-refractivity contribution in [2.45, 2.75) is 63.5 Å². The first-order valence-corrected chi connectivity index (χ1v) is 8.47. The van der Waals surface area contributed by atoms with Crippen LogP contribution in [0.2, 0.25) is 0 Å². The van der Waals surface area contributed by atoms with Gasteiger partial charge in [-0.25, -0.2) is 0 Å². The Labute approximate surface area is 114 Å². The number of hydrogen-bond acceptors (Lipinski definition) is 3. The van der Waals surface area contributed by atoms with Crippen LogP contribution in [0.5, 0.6) is 0 Å². The van der Waals surface area contributed by atoms with Gasteiger partial charge in [-0.15, -0.1) is 0 Å². The molecule has 0 unspecified atom stereocenters. The van der Waals surface area contributed by atoms with E-state index in [1.807, 2.05) is 0 Å². The molecule has 0 aliphatic heterocycles. The molecule has 0 aromatic rings. The fourth-order valence-electron chi connectivity index (χ4n) is 2.97. The highest BCUT2D eigenvalue weighted by molar-refractivity contribution is 7.87. The van der Waals surface area contributed by atoms with Gasteiger partial charge in [-0.1, -0.05) is 12.8 Å². The summed E-state index contributed by atoms with van der Waals surface area (Å²) in [6, 6.07) is -0.0673. The average Bonchev–Trinajstić information content (AvgIpc) is 2.81. The molecule has 0 amide bonds. The van der Waals surface area contributed by atoms with Crippen molar-refractivity contribution in [2.24, 2.45) is 5.92 Å². The predicted octanol–water partition coefficient (Wildman–Crippen LogP) is 0.996. The minimum atomic E-state index is -3.45. The molecule has 0 aromatic carbocycles. The van der Waals surface area contributed by atoms with E-state index in [0.717, 1.165) is 25.7 Å². The molecule has 0 radical (unpaired) electrons. The van der Waals surface area contributed by atoms with Gasteiger partial charge in [0.1, 0.15) is 0 Å². The summed E-state index contributed by atoms with van der Waals surface area (Å²) in [7, 11) is -3.45. The number of hydrogen-bond donors (Lipinski definition) is 3. The molecule has 0 aromatic heterocycles. The third-order valence-electron chi connectivity index (χ3n) is 4.08. The Morgan fingerprint density at radius 3 is 1.84 bits per heavy atom. The molecule has 19 heavy (non-hydrogen) atoms. The fraction of sp³-hybridized carbons (Fsp3) is 0.917. The topological polar surface area (TPSA) is 95.5 Å². The Bertz CT molecular complexity index is 409. The maximum atomic E-state index is 11.9. The van der Waals surface area contributed by atoms with Crippen LogP contribution in [0, 0.1) is 5.92 Å². The molecule has 7 heteroatoms. The third kappa shape index (κ3) is 4.43. The summed E-state index contributed by atoms with van der Waals surface area (Å²) >= 11 is 0. The van der Waals surface area contributed by atoms with E-state index < -0.39 is 16.2 Å². The molecule has 0 saturated heterocycles. The van der Waals surface area contributed by atoms with Crippen LogP contribution in [0.3, 0.4) is 0 Å². The second kappa shape index (κ2) is 6.19. The minimum absolute atomic E-state index is 0.0628.